The molecule has 0 aliphatic carbocycles. The van der Waals surface area contributed by atoms with Crippen molar-refractivity contribution in [2.45, 2.75) is 25.7 Å². The first kappa shape index (κ1) is 16.2. The summed E-state index contributed by atoms with van der Waals surface area (Å²) in [6, 6.07) is 16.6. The maximum Gasteiger partial charge on any atom is 0.137 e. The Kier molecular flexibility index (Phi) is 5.22. The van der Waals surface area contributed by atoms with Crippen LogP contribution in [0.2, 0.25) is 0 Å². The minimum atomic E-state index is -0.208. The van der Waals surface area contributed by atoms with Crippen LogP contribution in [0.3, 0.4) is 0 Å². The average Bonchev–Trinajstić information content (AvgIpc) is 3.09. The van der Waals surface area contributed by atoms with E-state index in [0.717, 1.165) is 24.0 Å². The Labute approximate surface area is 141 Å². The van der Waals surface area contributed by atoms with Crippen LogP contribution in [-0.4, -0.2) is 10.8 Å². The predicted molar refractivity (Wildman–Crippen MR) is 94.3 cm³/mol. The van der Waals surface area contributed by atoms with Crippen molar-refractivity contribution >= 4 is 5.78 Å². The summed E-state index contributed by atoms with van der Waals surface area (Å²) in [7, 11) is 0. The second-order valence-corrected chi connectivity index (χ2v) is 5.97. The smallest absolute Gasteiger partial charge is 0.137 e. The monoisotopic (exact) mass is 321 g/mol. The number of ketones is 1. The largest absolute Gasteiger partial charge is 0.367 e. The summed E-state index contributed by atoms with van der Waals surface area (Å²) in [4.78, 5) is 14.9. The number of aromatic amines is 1. The van der Waals surface area contributed by atoms with Gasteiger partial charge in [-0.25, -0.2) is 4.39 Å². The molecule has 0 atom stereocenters. The highest BCUT2D eigenvalue weighted by atomic mass is 19.1. The van der Waals surface area contributed by atoms with Gasteiger partial charge in [0.2, 0.25) is 0 Å². The molecular formula is C21H20FNO. The number of aryl methyl sites for hydroxylation is 1. The number of aromatic nitrogens is 1. The van der Waals surface area contributed by atoms with E-state index >= 15 is 0 Å². The van der Waals surface area contributed by atoms with E-state index in [1.54, 1.807) is 12.1 Å². The van der Waals surface area contributed by atoms with Crippen LogP contribution >= 0.6 is 0 Å². The quantitative estimate of drug-likeness (QED) is 0.656. The number of carbonyl (C=O) groups is 1. The number of halogens is 1. The van der Waals surface area contributed by atoms with Gasteiger partial charge in [0.05, 0.1) is 0 Å². The number of nitrogens with one attached hydrogen (secondary N) is 1. The minimum absolute atomic E-state index is 0.208. The lowest BCUT2D eigenvalue weighted by atomic mass is 10.00. The SMILES string of the molecule is O=C(CCCc1ccc(-c2ccccc2F)cc1)Cc1cc[nH]c1. The molecule has 122 valence electrons. The molecule has 0 spiro atoms. The van der Waals surface area contributed by atoms with Crippen molar-refractivity contribution in [2.75, 3.05) is 0 Å². The standard InChI is InChI=1S/C21H20FNO/c22-21-7-2-1-6-20(21)18-10-8-16(9-11-18)4-3-5-19(24)14-17-12-13-23-15-17/h1-2,6-13,15,23H,3-5,14H2. The number of Topliss-reactive ketones (excluding diaryl/α,β-unsaturated/α-hetero) is 1. The van der Waals surface area contributed by atoms with Crippen LogP contribution in [0.5, 0.6) is 0 Å². The maximum atomic E-state index is 13.8. The van der Waals surface area contributed by atoms with Crippen LogP contribution < -0.4 is 0 Å². The van der Waals surface area contributed by atoms with E-state index in [2.05, 4.69) is 4.98 Å². The first-order chi connectivity index (χ1) is 11.7. The third-order valence-electron chi connectivity index (χ3n) is 4.12. The molecule has 0 aliphatic rings. The molecule has 0 aliphatic heterocycles. The Morgan fingerprint density at radius 1 is 0.958 bits per heavy atom. The molecule has 3 rings (SSSR count). The van der Waals surface area contributed by atoms with Crippen molar-refractivity contribution in [1.82, 2.24) is 4.98 Å². The molecule has 0 saturated heterocycles. The van der Waals surface area contributed by atoms with Crippen LogP contribution in [0, 0.1) is 5.82 Å². The van der Waals surface area contributed by atoms with E-state index in [1.807, 2.05) is 48.8 Å². The normalized spacial score (nSPS) is 10.7. The van der Waals surface area contributed by atoms with Crippen molar-refractivity contribution < 1.29 is 9.18 Å². The van der Waals surface area contributed by atoms with Gasteiger partial charge in [-0.05, 0) is 41.7 Å². The second-order valence-electron chi connectivity index (χ2n) is 5.97. The number of carbonyl (C=O) groups excluding carboxylic acids is 1. The number of H-pyrrole nitrogens is 1. The number of rotatable bonds is 7. The first-order valence-corrected chi connectivity index (χ1v) is 8.19. The fraction of sp³-hybridized carbons (Fsp3) is 0.190. The molecule has 1 heterocycles. The van der Waals surface area contributed by atoms with E-state index in [-0.39, 0.29) is 11.6 Å². The van der Waals surface area contributed by atoms with Crippen LogP contribution in [0.4, 0.5) is 4.39 Å². The van der Waals surface area contributed by atoms with E-state index in [1.165, 1.54) is 11.6 Å². The lowest BCUT2D eigenvalue weighted by Crippen LogP contribution is -2.02. The lowest BCUT2D eigenvalue weighted by Gasteiger charge is -2.06. The van der Waals surface area contributed by atoms with Crippen LogP contribution in [0.25, 0.3) is 11.1 Å². The van der Waals surface area contributed by atoms with Crippen molar-refractivity contribution in [3.05, 3.63) is 83.9 Å². The molecule has 0 saturated carbocycles. The summed E-state index contributed by atoms with van der Waals surface area (Å²) < 4.78 is 13.8. The van der Waals surface area contributed by atoms with E-state index < -0.39 is 0 Å². The molecule has 0 radical (unpaired) electrons. The summed E-state index contributed by atoms with van der Waals surface area (Å²) in [6.45, 7) is 0. The molecule has 1 aromatic heterocycles. The topological polar surface area (TPSA) is 32.9 Å². The maximum absolute atomic E-state index is 13.8. The van der Waals surface area contributed by atoms with Crippen molar-refractivity contribution in [3.63, 3.8) is 0 Å². The highest BCUT2D eigenvalue weighted by molar-refractivity contribution is 5.80. The van der Waals surface area contributed by atoms with Gasteiger partial charge in [0.15, 0.2) is 0 Å². The fourth-order valence-corrected chi connectivity index (χ4v) is 2.82. The van der Waals surface area contributed by atoms with Gasteiger partial charge in [-0.3, -0.25) is 4.79 Å². The van der Waals surface area contributed by atoms with Gasteiger partial charge >= 0.3 is 0 Å². The summed E-state index contributed by atoms with van der Waals surface area (Å²) in [6.07, 6.45) is 6.47. The van der Waals surface area contributed by atoms with Gasteiger partial charge in [-0.15, -0.1) is 0 Å². The summed E-state index contributed by atoms with van der Waals surface area (Å²) in [5.41, 5.74) is 3.70. The van der Waals surface area contributed by atoms with Crippen molar-refractivity contribution in [1.29, 1.82) is 0 Å². The molecule has 2 nitrogen and oxygen atoms in total. The molecule has 3 aromatic rings. The summed E-state index contributed by atoms with van der Waals surface area (Å²) in [5, 5.41) is 0. The van der Waals surface area contributed by atoms with E-state index in [4.69, 9.17) is 0 Å². The van der Waals surface area contributed by atoms with Crippen molar-refractivity contribution in [2.24, 2.45) is 0 Å². The Morgan fingerprint density at radius 2 is 1.75 bits per heavy atom. The molecule has 0 unspecified atom stereocenters. The Bertz CT molecular complexity index is 791. The zero-order valence-electron chi connectivity index (χ0n) is 13.5. The van der Waals surface area contributed by atoms with Gasteiger partial charge in [-0.2, -0.15) is 0 Å². The Balaban J connectivity index is 1.51. The number of benzene rings is 2. The third-order valence-corrected chi connectivity index (χ3v) is 4.12. The second kappa shape index (κ2) is 7.73. The first-order valence-electron chi connectivity index (χ1n) is 8.19. The van der Waals surface area contributed by atoms with Gasteiger partial charge in [0.1, 0.15) is 11.6 Å². The zero-order valence-corrected chi connectivity index (χ0v) is 13.5. The molecule has 1 N–H and O–H groups in total. The summed E-state index contributed by atoms with van der Waals surface area (Å²) >= 11 is 0. The van der Waals surface area contributed by atoms with Crippen LogP contribution in [0.15, 0.2) is 67.0 Å². The fourth-order valence-electron chi connectivity index (χ4n) is 2.82. The molecule has 2 aromatic carbocycles. The molecule has 0 fully saturated rings. The Morgan fingerprint density at radius 3 is 2.46 bits per heavy atom. The lowest BCUT2D eigenvalue weighted by molar-refractivity contribution is -0.118. The molecule has 0 bridgehead atoms. The van der Waals surface area contributed by atoms with Gasteiger partial charge in [0, 0.05) is 30.8 Å². The molecule has 24 heavy (non-hydrogen) atoms. The highest BCUT2D eigenvalue weighted by Gasteiger charge is 2.06. The number of hydrogen-bond acceptors (Lipinski definition) is 1. The number of hydrogen-bond donors (Lipinski definition) is 1. The molecule has 0 amide bonds. The van der Waals surface area contributed by atoms with Crippen molar-refractivity contribution in [3.8, 4) is 11.1 Å². The summed E-state index contributed by atoms with van der Waals surface area (Å²) in [5.74, 6) is 0.0539. The predicted octanol–water partition coefficient (Wildman–Crippen LogP) is 4.96. The van der Waals surface area contributed by atoms with Gasteiger partial charge in [-0.1, -0.05) is 42.5 Å². The van der Waals surface area contributed by atoms with Crippen LogP contribution in [-0.2, 0) is 17.6 Å². The molecular weight excluding hydrogens is 301 g/mol. The van der Waals surface area contributed by atoms with Gasteiger partial charge < -0.3 is 4.98 Å². The van der Waals surface area contributed by atoms with E-state index in [0.29, 0.717) is 18.4 Å². The van der Waals surface area contributed by atoms with Crippen LogP contribution in [0.1, 0.15) is 24.0 Å². The average molecular weight is 321 g/mol. The Hall–Kier alpha value is -2.68. The minimum Gasteiger partial charge on any atom is -0.367 e. The highest BCUT2D eigenvalue weighted by Crippen LogP contribution is 2.23. The van der Waals surface area contributed by atoms with E-state index in [9.17, 15) is 9.18 Å². The third kappa shape index (κ3) is 4.19. The van der Waals surface area contributed by atoms with Gasteiger partial charge in [0.25, 0.3) is 0 Å². The molecule has 3 heteroatoms. The zero-order chi connectivity index (χ0) is 16.8.